The number of aromatic amines is 1. The molecule has 1 aromatic heterocycles. The number of benzene rings is 2. The highest BCUT2D eigenvalue weighted by Gasteiger charge is 2.39. The molecule has 3 aromatic rings. The van der Waals surface area contributed by atoms with Gasteiger partial charge in [0.25, 0.3) is 0 Å². The normalized spacial score (nSPS) is 17.4. The van der Waals surface area contributed by atoms with Crippen molar-refractivity contribution < 1.29 is 14.2 Å². The molecule has 0 aliphatic heterocycles. The van der Waals surface area contributed by atoms with Gasteiger partial charge in [-0.05, 0) is 54.5 Å². The second kappa shape index (κ2) is 9.22. The fourth-order valence-electron chi connectivity index (χ4n) is 5.66. The maximum absolute atomic E-state index is 14.2. The lowest BCUT2D eigenvalue weighted by Gasteiger charge is -2.39. The average molecular weight is 439 g/mol. The number of rotatable bonds is 8. The predicted octanol–water partition coefficient (Wildman–Crippen LogP) is 6.32. The molecule has 1 aliphatic rings. The number of methoxy groups -OCH3 is 1. The molecule has 4 nitrogen and oxygen atoms in total. The average Bonchev–Trinajstić information content (AvgIpc) is 3.15. The molecular formula is C27H35FN2O2. The summed E-state index contributed by atoms with van der Waals surface area (Å²) in [6, 6.07) is 12.6. The molecule has 5 heteroatoms. The van der Waals surface area contributed by atoms with E-state index >= 15 is 0 Å². The number of aromatic nitrogens is 2. The van der Waals surface area contributed by atoms with Crippen molar-refractivity contribution in [3.05, 3.63) is 59.7 Å². The summed E-state index contributed by atoms with van der Waals surface area (Å²) in [6.45, 7) is 4.13. The highest BCUT2D eigenvalue weighted by Crippen LogP contribution is 2.42. The quantitative estimate of drug-likeness (QED) is 0.432. The van der Waals surface area contributed by atoms with Gasteiger partial charge in [0.05, 0.1) is 23.7 Å². The third-order valence-electron chi connectivity index (χ3n) is 6.99. The number of H-pyrrole nitrogens is 1. The van der Waals surface area contributed by atoms with Crippen molar-refractivity contribution >= 4 is 11.0 Å². The fraction of sp³-hybridized carbons (Fsp3) is 0.519. The summed E-state index contributed by atoms with van der Waals surface area (Å²) in [4.78, 5) is 8.13. The summed E-state index contributed by atoms with van der Waals surface area (Å²) in [5, 5.41) is 12.1. The van der Waals surface area contributed by atoms with Crippen molar-refractivity contribution in [3.63, 3.8) is 0 Å². The van der Waals surface area contributed by atoms with Gasteiger partial charge in [0.2, 0.25) is 0 Å². The van der Waals surface area contributed by atoms with E-state index in [1.807, 2.05) is 24.3 Å². The molecule has 0 spiro atoms. The van der Waals surface area contributed by atoms with Gasteiger partial charge in [-0.15, -0.1) is 0 Å². The zero-order valence-electron chi connectivity index (χ0n) is 19.5. The van der Waals surface area contributed by atoms with E-state index in [-0.39, 0.29) is 5.82 Å². The van der Waals surface area contributed by atoms with Crippen molar-refractivity contribution in [1.82, 2.24) is 9.97 Å². The number of para-hydroxylation sites is 2. The second-order valence-electron chi connectivity index (χ2n) is 10.2. The Balaban J connectivity index is 1.65. The van der Waals surface area contributed by atoms with E-state index in [0.29, 0.717) is 24.5 Å². The Labute approximate surface area is 190 Å². The van der Waals surface area contributed by atoms with Gasteiger partial charge in [-0.3, -0.25) is 0 Å². The number of nitrogens with one attached hydrogen (secondary N) is 1. The third-order valence-corrected chi connectivity index (χ3v) is 6.99. The molecule has 1 atom stereocenters. The number of fused-ring (bicyclic) bond motifs is 1. The number of aliphatic hydroxyl groups is 1. The van der Waals surface area contributed by atoms with Gasteiger partial charge in [0.1, 0.15) is 17.4 Å². The van der Waals surface area contributed by atoms with Gasteiger partial charge in [-0.2, -0.15) is 0 Å². The maximum atomic E-state index is 14.2. The molecule has 1 fully saturated rings. The minimum atomic E-state index is -0.962. The number of imidazole rings is 1. The van der Waals surface area contributed by atoms with Gasteiger partial charge >= 0.3 is 0 Å². The summed E-state index contributed by atoms with van der Waals surface area (Å²) in [5.74, 6) is 1.66. The van der Waals surface area contributed by atoms with Crippen LogP contribution in [-0.4, -0.2) is 27.8 Å². The van der Waals surface area contributed by atoms with Crippen molar-refractivity contribution in [3.8, 4) is 5.75 Å². The lowest BCUT2D eigenvalue weighted by molar-refractivity contribution is -0.0151. The highest BCUT2D eigenvalue weighted by molar-refractivity contribution is 5.74. The van der Waals surface area contributed by atoms with Crippen LogP contribution in [0.15, 0.2) is 42.5 Å². The molecule has 1 saturated carbocycles. The van der Waals surface area contributed by atoms with E-state index in [0.717, 1.165) is 41.7 Å². The van der Waals surface area contributed by atoms with Crippen molar-refractivity contribution in [2.45, 2.75) is 76.2 Å². The topological polar surface area (TPSA) is 58.1 Å². The summed E-state index contributed by atoms with van der Waals surface area (Å²) in [7, 11) is 1.61. The van der Waals surface area contributed by atoms with E-state index in [1.54, 1.807) is 19.2 Å². The van der Waals surface area contributed by atoms with Crippen molar-refractivity contribution in [2.24, 2.45) is 5.92 Å². The Morgan fingerprint density at radius 1 is 1.12 bits per heavy atom. The van der Waals surface area contributed by atoms with Crippen LogP contribution in [0.1, 0.15) is 70.2 Å². The molecule has 1 aliphatic carbocycles. The molecule has 4 rings (SSSR count). The second-order valence-corrected chi connectivity index (χ2v) is 10.2. The highest BCUT2D eigenvalue weighted by atomic mass is 19.1. The Hall–Kier alpha value is -2.40. The molecule has 32 heavy (non-hydrogen) atoms. The van der Waals surface area contributed by atoms with E-state index in [9.17, 15) is 9.50 Å². The first-order chi connectivity index (χ1) is 15.3. The van der Waals surface area contributed by atoms with Gasteiger partial charge in [-0.25, -0.2) is 9.37 Å². The Morgan fingerprint density at radius 3 is 2.59 bits per heavy atom. The molecule has 0 saturated heterocycles. The third kappa shape index (κ3) is 5.15. The smallest absolute Gasteiger partial charge is 0.123 e. The summed E-state index contributed by atoms with van der Waals surface area (Å²) in [6.07, 6.45) is 7.72. The van der Waals surface area contributed by atoms with Crippen LogP contribution in [0.25, 0.3) is 11.0 Å². The lowest BCUT2D eigenvalue weighted by Crippen LogP contribution is -2.41. The van der Waals surface area contributed by atoms with E-state index < -0.39 is 11.0 Å². The SMILES string of the molecule is COc1ccc(F)cc1C(C)(C)CC(O)(Cc1nc2ccccc2[nH]1)CC1CCCCC1. The molecule has 1 unspecified atom stereocenters. The van der Waals surface area contributed by atoms with Gasteiger partial charge in [0.15, 0.2) is 0 Å². The van der Waals surface area contributed by atoms with Crippen LogP contribution in [0.4, 0.5) is 4.39 Å². The Bertz CT molecular complexity index is 1020. The van der Waals surface area contributed by atoms with Crippen LogP contribution in [-0.2, 0) is 11.8 Å². The molecule has 2 N–H and O–H groups in total. The van der Waals surface area contributed by atoms with Crippen LogP contribution in [0.3, 0.4) is 0 Å². The van der Waals surface area contributed by atoms with Crippen LogP contribution in [0.5, 0.6) is 5.75 Å². The van der Waals surface area contributed by atoms with Gasteiger partial charge in [-0.1, -0.05) is 58.1 Å². The number of hydrogen-bond acceptors (Lipinski definition) is 3. The van der Waals surface area contributed by atoms with E-state index in [4.69, 9.17) is 9.72 Å². The molecule has 0 bridgehead atoms. The van der Waals surface area contributed by atoms with E-state index in [1.165, 1.54) is 25.3 Å². The van der Waals surface area contributed by atoms with Crippen molar-refractivity contribution in [2.75, 3.05) is 7.11 Å². The predicted molar refractivity (Wildman–Crippen MR) is 127 cm³/mol. The Kier molecular flexibility index (Phi) is 6.57. The van der Waals surface area contributed by atoms with Gasteiger partial charge < -0.3 is 14.8 Å². The van der Waals surface area contributed by atoms with Crippen molar-refractivity contribution in [1.29, 1.82) is 0 Å². The zero-order chi connectivity index (χ0) is 22.8. The fourth-order valence-corrected chi connectivity index (χ4v) is 5.66. The molecule has 0 amide bonds. The number of nitrogens with zero attached hydrogens (tertiary/aromatic N) is 1. The first kappa shape index (κ1) is 22.8. The first-order valence-corrected chi connectivity index (χ1v) is 11.8. The molecule has 0 radical (unpaired) electrons. The standard InChI is InChI=1S/C27H35FN2O2/c1-26(2,21-15-20(28)13-14-24(21)32-3)18-27(31,16-19-9-5-4-6-10-19)17-25-29-22-11-7-8-12-23(22)30-25/h7-8,11-15,19,31H,4-6,9-10,16-18H2,1-3H3,(H,29,30). The van der Waals surface area contributed by atoms with Crippen LogP contribution in [0.2, 0.25) is 0 Å². The molecular weight excluding hydrogens is 403 g/mol. The zero-order valence-corrected chi connectivity index (χ0v) is 19.5. The minimum absolute atomic E-state index is 0.290. The Morgan fingerprint density at radius 2 is 1.88 bits per heavy atom. The van der Waals surface area contributed by atoms with Crippen LogP contribution < -0.4 is 4.74 Å². The largest absolute Gasteiger partial charge is 0.496 e. The van der Waals surface area contributed by atoms with Crippen LogP contribution in [0, 0.1) is 11.7 Å². The number of hydrogen-bond donors (Lipinski definition) is 2. The summed E-state index contributed by atoms with van der Waals surface area (Å²) >= 11 is 0. The monoisotopic (exact) mass is 438 g/mol. The number of ether oxygens (including phenoxy) is 1. The maximum Gasteiger partial charge on any atom is 0.123 e. The first-order valence-electron chi connectivity index (χ1n) is 11.8. The van der Waals surface area contributed by atoms with E-state index in [2.05, 4.69) is 18.8 Å². The summed E-state index contributed by atoms with van der Waals surface area (Å²) < 4.78 is 19.7. The minimum Gasteiger partial charge on any atom is -0.496 e. The molecule has 2 aromatic carbocycles. The summed E-state index contributed by atoms with van der Waals surface area (Å²) in [5.41, 5.74) is 1.23. The number of halogens is 1. The molecule has 172 valence electrons. The molecule has 1 heterocycles. The van der Waals surface area contributed by atoms with Gasteiger partial charge in [0, 0.05) is 12.0 Å². The lowest BCUT2D eigenvalue weighted by atomic mass is 9.69. The van der Waals surface area contributed by atoms with Crippen LogP contribution >= 0.6 is 0 Å².